The molecule has 0 N–H and O–H groups in total. The molecule has 1 saturated heterocycles. The highest BCUT2D eigenvalue weighted by Crippen LogP contribution is 2.38. The third-order valence-electron chi connectivity index (χ3n) is 6.78. The Morgan fingerprint density at radius 1 is 0.781 bits per heavy atom. The monoisotopic (exact) mass is 450 g/mol. The van der Waals surface area contributed by atoms with Gasteiger partial charge in [-0.25, -0.2) is 12.8 Å². The molecule has 2 heterocycles. The Balaban J connectivity index is 1.37. The predicted octanol–water partition coefficient (Wildman–Crippen LogP) is 4.63. The third kappa shape index (κ3) is 3.98. The van der Waals surface area contributed by atoms with Crippen LogP contribution in [0.2, 0.25) is 0 Å². The second-order valence-corrected chi connectivity index (χ2v) is 10.5. The van der Waals surface area contributed by atoms with E-state index in [4.69, 9.17) is 0 Å². The van der Waals surface area contributed by atoms with Crippen molar-refractivity contribution in [2.45, 2.75) is 36.2 Å². The quantitative estimate of drug-likeness (QED) is 0.582. The van der Waals surface area contributed by atoms with Crippen LogP contribution in [0, 0.1) is 5.82 Å². The Kier molecular flexibility index (Phi) is 5.84. The van der Waals surface area contributed by atoms with Crippen molar-refractivity contribution < 1.29 is 12.8 Å². The molecule has 1 unspecified atom stereocenters. The Hall–Kier alpha value is -2.54. The van der Waals surface area contributed by atoms with Gasteiger partial charge in [0.15, 0.2) is 0 Å². The van der Waals surface area contributed by atoms with Crippen molar-refractivity contribution in [1.82, 2.24) is 9.21 Å². The Labute approximate surface area is 189 Å². The molecule has 6 heteroatoms. The Morgan fingerprint density at radius 3 is 2.16 bits per heavy atom. The lowest BCUT2D eigenvalue weighted by Gasteiger charge is -2.45. The highest BCUT2D eigenvalue weighted by atomic mass is 32.2. The van der Waals surface area contributed by atoms with E-state index in [1.165, 1.54) is 41.0 Å². The Bertz CT molecular complexity index is 1170. The molecular weight excluding hydrogens is 423 g/mol. The number of fused-ring (bicyclic) bond motifs is 1. The van der Waals surface area contributed by atoms with Crippen molar-refractivity contribution >= 4 is 10.0 Å². The van der Waals surface area contributed by atoms with Crippen LogP contribution in [0.5, 0.6) is 0 Å². The van der Waals surface area contributed by atoms with E-state index in [0.717, 1.165) is 25.8 Å². The summed E-state index contributed by atoms with van der Waals surface area (Å²) in [6, 6.07) is 24.9. The van der Waals surface area contributed by atoms with Gasteiger partial charge in [-0.1, -0.05) is 54.6 Å². The minimum atomic E-state index is -3.60. The number of hydrogen-bond acceptors (Lipinski definition) is 3. The highest BCUT2D eigenvalue weighted by molar-refractivity contribution is 7.89. The normalized spacial score (nSPS) is 20.7. The SMILES string of the molecule is O=S(=O)(c1ccc(F)cc1)N1CCC(N2CCc3ccccc3C2c2ccccc2)CC1. The number of benzene rings is 3. The van der Waals surface area contributed by atoms with Crippen LogP contribution in [0.4, 0.5) is 4.39 Å². The van der Waals surface area contributed by atoms with Gasteiger partial charge in [-0.05, 0) is 60.2 Å². The van der Waals surface area contributed by atoms with Crippen LogP contribution >= 0.6 is 0 Å². The van der Waals surface area contributed by atoms with Crippen LogP contribution < -0.4 is 0 Å². The third-order valence-corrected chi connectivity index (χ3v) is 8.69. The van der Waals surface area contributed by atoms with Crippen molar-refractivity contribution in [2.75, 3.05) is 19.6 Å². The summed E-state index contributed by atoms with van der Waals surface area (Å²) >= 11 is 0. The van der Waals surface area contributed by atoms with Crippen molar-refractivity contribution in [3.63, 3.8) is 0 Å². The summed E-state index contributed by atoms with van der Waals surface area (Å²) in [5, 5.41) is 0. The maximum atomic E-state index is 13.2. The minimum Gasteiger partial charge on any atom is -0.289 e. The van der Waals surface area contributed by atoms with Crippen molar-refractivity contribution in [1.29, 1.82) is 0 Å². The van der Waals surface area contributed by atoms with Gasteiger partial charge in [-0.15, -0.1) is 0 Å². The standard InChI is InChI=1S/C26H27FN2O2S/c27-22-10-12-24(13-11-22)32(30,31)28-17-15-23(16-18-28)29-19-14-20-6-4-5-9-25(20)26(29)21-7-2-1-3-8-21/h1-13,23,26H,14-19H2. The zero-order valence-corrected chi connectivity index (χ0v) is 18.7. The lowest BCUT2D eigenvalue weighted by molar-refractivity contribution is 0.103. The number of halogens is 1. The van der Waals surface area contributed by atoms with Crippen molar-refractivity contribution in [3.8, 4) is 0 Å². The van der Waals surface area contributed by atoms with Gasteiger partial charge in [0.25, 0.3) is 0 Å². The fourth-order valence-corrected chi connectivity index (χ4v) is 6.63. The molecule has 2 aliphatic heterocycles. The molecule has 0 radical (unpaired) electrons. The maximum absolute atomic E-state index is 13.2. The molecule has 4 nitrogen and oxygen atoms in total. The van der Waals surface area contributed by atoms with Crippen LogP contribution in [0.25, 0.3) is 0 Å². The zero-order valence-electron chi connectivity index (χ0n) is 17.9. The molecule has 5 rings (SSSR count). The largest absolute Gasteiger partial charge is 0.289 e. The molecule has 1 atom stereocenters. The van der Waals surface area contributed by atoms with Gasteiger partial charge in [0.2, 0.25) is 10.0 Å². The smallest absolute Gasteiger partial charge is 0.243 e. The molecule has 1 fully saturated rings. The molecule has 0 aliphatic carbocycles. The summed E-state index contributed by atoms with van der Waals surface area (Å²) in [4.78, 5) is 2.73. The number of hydrogen-bond donors (Lipinski definition) is 0. The first-order valence-electron chi connectivity index (χ1n) is 11.2. The average Bonchev–Trinajstić information content (AvgIpc) is 2.84. The van der Waals surface area contributed by atoms with Gasteiger partial charge in [-0.3, -0.25) is 4.90 Å². The highest BCUT2D eigenvalue weighted by Gasteiger charge is 2.37. The lowest BCUT2D eigenvalue weighted by atomic mass is 9.86. The minimum absolute atomic E-state index is 0.159. The molecule has 3 aromatic carbocycles. The van der Waals surface area contributed by atoms with Gasteiger partial charge in [0.1, 0.15) is 5.82 Å². The summed E-state index contributed by atoms with van der Waals surface area (Å²) in [6.45, 7) is 1.92. The fraction of sp³-hybridized carbons (Fsp3) is 0.308. The molecule has 0 spiro atoms. The van der Waals surface area contributed by atoms with E-state index in [1.807, 2.05) is 6.07 Å². The van der Waals surface area contributed by atoms with Crippen LogP contribution in [0.1, 0.15) is 35.6 Å². The predicted molar refractivity (Wildman–Crippen MR) is 123 cm³/mol. The zero-order chi connectivity index (χ0) is 22.1. The summed E-state index contributed by atoms with van der Waals surface area (Å²) in [5.74, 6) is -0.431. The number of rotatable bonds is 4. The van der Waals surface area contributed by atoms with Gasteiger partial charge in [-0.2, -0.15) is 4.31 Å². The molecule has 0 saturated carbocycles. The van der Waals surface area contributed by atoms with Gasteiger partial charge in [0, 0.05) is 25.7 Å². The van der Waals surface area contributed by atoms with Gasteiger partial charge >= 0.3 is 0 Å². The van der Waals surface area contributed by atoms with Crippen LogP contribution in [-0.4, -0.2) is 43.3 Å². The lowest BCUT2D eigenvalue weighted by Crippen LogP contribution is -2.49. The first kappa shape index (κ1) is 21.3. The van der Waals surface area contributed by atoms with Crippen LogP contribution in [0.3, 0.4) is 0 Å². The molecule has 32 heavy (non-hydrogen) atoms. The first-order valence-corrected chi connectivity index (χ1v) is 12.6. The molecule has 0 amide bonds. The first-order chi connectivity index (χ1) is 15.5. The molecule has 166 valence electrons. The summed E-state index contributed by atoms with van der Waals surface area (Å²) in [6.07, 6.45) is 2.57. The molecular formula is C26H27FN2O2S. The van der Waals surface area contributed by atoms with Gasteiger partial charge < -0.3 is 0 Å². The van der Waals surface area contributed by atoms with Crippen LogP contribution in [0.15, 0.2) is 83.8 Å². The number of sulfonamides is 1. The van der Waals surface area contributed by atoms with E-state index in [-0.39, 0.29) is 10.9 Å². The summed E-state index contributed by atoms with van der Waals surface area (Å²) in [7, 11) is -3.60. The van der Waals surface area contributed by atoms with Crippen LogP contribution in [-0.2, 0) is 16.4 Å². The molecule has 0 bridgehead atoms. The molecule has 2 aliphatic rings. The summed E-state index contributed by atoms with van der Waals surface area (Å²) in [5.41, 5.74) is 4.03. The number of nitrogens with zero attached hydrogens (tertiary/aromatic N) is 2. The van der Waals surface area contributed by atoms with Crippen molar-refractivity contribution in [3.05, 3.63) is 101 Å². The molecule has 0 aromatic heterocycles. The number of piperidine rings is 1. The topological polar surface area (TPSA) is 40.6 Å². The van der Waals surface area contributed by atoms with Gasteiger partial charge in [0.05, 0.1) is 10.9 Å². The second kappa shape index (κ2) is 8.77. The van der Waals surface area contributed by atoms with E-state index in [1.54, 1.807) is 4.31 Å². The Morgan fingerprint density at radius 2 is 1.44 bits per heavy atom. The molecule has 3 aromatic rings. The maximum Gasteiger partial charge on any atom is 0.243 e. The van der Waals surface area contributed by atoms with E-state index >= 15 is 0 Å². The van der Waals surface area contributed by atoms with E-state index in [9.17, 15) is 12.8 Å². The van der Waals surface area contributed by atoms with E-state index in [0.29, 0.717) is 19.1 Å². The summed E-state index contributed by atoms with van der Waals surface area (Å²) < 4.78 is 40.8. The van der Waals surface area contributed by atoms with E-state index < -0.39 is 15.8 Å². The average molecular weight is 451 g/mol. The fourth-order valence-electron chi connectivity index (χ4n) is 5.16. The van der Waals surface area contributed by atoms with Crippen molar-refractivity contribution in [2.24, 2.45) is 0 Å². The van der Waals surface area contributed by atoms with E-state index in [2.05, 4.69) is 53.4 Å². The second-order valence-electron chi connectivity index (χ2n) is 8.59.